The average molecular weight is 274 g/mol. The van der Waals surface area contributed by atoms with Crippen molar-refractivity contribution in [3.8, 4) is 0 Å². The van der Waals surface area contributed by atoms with Crippen LogP contribution in [0.25, 0.3) is 0 Å². The summed E-state index contributed by atoms with van der Waals surface area (Å²) in [4.78, 5) is 10.8. The number of nitrogens with one attached hydrogen (secondary N) is 1. The first-order valence-electron chi connectivity index (χ1n) is 5.03. The Kier molecular flexibility index (Phi) is 4.28. The van der Waals surface area contributed by atoms with E-state index >= 15 is 0 Å². The molecule has 100 valence electrons. The smallest absolute Gasteiger partial charge is 0.337 e. The number of aromatic carboxylic acids is 1. The number of hydrogen-bond acceptors (Lipinski definition) is 5. The number of rotatable bonds is 5. The van der Waals surface area contributed by atoms with Crippen molar-refractivity contribution in [3.63, 3.8) is 0 Å². The molecule has 1 rings (SSSR count). The zero-order valence-electron chi connectivity index (χ0n) is 9.62. The van der Waals surface area contributed by atoms with Crippen LogP contribution in [-0.2, 0) is 10.0 Å². The molecule has 0 saturated heterocycles. The number of anilines is 1. The third-order valence-corrected chi connectivity index (χ3v) is 3.14. The molecule has 1 aromatic rings. The molecule has 18 heavy (non-hydrogen) atoms. The van der Waals surface area contributed by atoms with E-state index in [1.807, 2.05) is 0 Å². The number of aliphatic hydroxyl groups excluding tert-OH is 1. The maximum Gasteiger partial charge on any atom is 0.337 e. The molecule has 0 fully saturated rings. The lowest BCUT2D eigenvalue weighted by Crippen LogP contribution is -2.21. The molecule has 7 nitrogen and oxygen atoms in total. The summed E-state index contributed by atoms with van der Waals surface area (Å²) >= 11 is 0. The van der Waals surface area contributed by atoms with Gasteiger partial charge in [0.1, 0.15) is 0 Å². The molecule has 1 unspecified atom stereocenters. The van der Waals surface area contributed by atoms with Crippen molar-refractivity contribution in [2.75, 3.05) is 11.9 Å². The second kappa shape index (κ2) is 5.34. The van der Waals surface area contributed by atoms with E-state index in [1.54, 1.807) is 6.92 Å². The fourth-order valence-corrected chi connectivity index (χ4v) is 1.85. The van der Waals surface area contributed by atoms with Gasteiger partial charge < -0.3 is 15.5 Å². The number of sulfonamides is 1. The predicted octanol–water partition coefficient (Wildman–Crippen LogP) is -0.175. The highest BCUT2D eigenvalue weighted by molar-refractivity contribution is 7.89. The van der Waals surface area contributed by atoms with E-state index in [0.717, 1.165) is 6.07 Å². The van der Waals surface area contributed by atoms with Crippen LogP contribution in [0.4, 0.5) is 5.69 Å². The van der Waals surface area contributed by atoms with Crippen LogP contribution < -0.4 is 10.5 Å². The van der Waals surface area contributed by atoms with Crippen molar-refractivity contribution in [2.45, 2.75) is 17.9 Å². The molecule has 0 radical (unpaired) electrons. The van der Waals surface area contributed by atoms with Crippen LogP contribution >= 0.6 is 0 Å². The number of primary sulfonamides is 1. The van der Waals surface area contributed by atoms with Crippen LogP contribution in [0.2, 0.25) is 0 Å². The van der Waals surface area contributed by atoms with Gasteiger partial charge in [0.05, 0.1) is 17.1 Å². The first-order chi connectivity index (χ1) is 8.25. The molecule has 0 spiro atoms. The number of carboxylic acids is 1. The van der Waals surface area contributed by atoms with Gasteiger partial charge in [-0.1, -0.05) is 0 Å². The van der Waals surface area contributed by atoms with Crippen molar-refractivity contribution in [1.29, 1.82) is 0 Å². The highest BCUT2D eigenvalue weighted by atomic mass is 32.2. The number of benzene rings is 1. The Balaban J connectivity index is 3.25. The van der Waals surface area contributed by atoms with Gasteiger partial charge in [-0.15, -0.1) is 0 Å². The zero-order chi connectivity index (χ0) is 13.9. The fourth-order valence-electron chi connectivity index (χ4n) is 1.31. The number of carboxylic acid groups (broad SMARTS) is 1. The van der Waals surface area contributed by atoms with Gasteiger partial charge in [-0.3, -0.25) is 0 Å². The maximum absolute atomic E-state index is 11.1. The Labute approximate surface area is 104 Å². The minimum Gasteiger partial charge on any atom is -0.478 e. The Morgan fingerprint density at radius 1 is 1.50 bits per heavy atom. The molecule has 0 heterocycles. The summed E-state index contributed by atoms with van der Waals surface area (Å²) in [6.45, 7) is 1.47. The molecule has 5 N–H and O–H groups in total. The van der Waals surface area contributed by atoms with E-state index in [2.05, 4.69) is 5.32 Å². The fraction of sp³-hybridized carbons (Fsp3) is 0.300. The summed E-state index contributed by atoms with van der Waals surface area (Å²) in [5, 5.41) is 25.6. The summed E-state index contributed by atoms with van der Waals surface area (Å²) in [7, 11) is -3.95. The lowest BCUT2D eigenvalue weighted by atomic mass is 10.1. The summed E-state index contributed by atoms with van der Waals surface area (Å²) in [5.74, 6) is -1.28. The van der Waals surface area contributed by atoms with Crippen LogP contribution in [0.15, 0.2) is 23.1 Å². The lowest BCUT2D eigenvalue weighted by Gasteiger charge is -2.15. The molecule has 0 aliphatic carbocycles. The van der Waals surface area contributed by atoms with Crippen molar-refractivity contribution in [3.05, 3.63) is 23.8 Å². The molecular weight excluding hydrogens is 260 g/mol. The number of nitrogens with two attached hydrogens (primary N) is 1. The van der Waals surface area contributed by atoms with E-state index in [-0.39, 0.29) is 28.8 Å². The Hall–Kier alpha value is -1.64. The molecular formula is C10H14N2O5S. The summed E-state index contributed by atoms with van der Waals surface area (Å²) < 4.78 is 22.2. The second-order valence-corrected chi connectivity index (χ2v) is 5.35. The lowest BCUT2D eigenvalue weighted by molar-refractivity contribution is 0.0697. The minimum atomic E-state index is -3.95. The predicted molar refractivity (Wildman–Crippen MR) is 64.9 cm³/mol. The Morgan fingerprint density at radius 3 is 2.56 bits per heavy atom. The van der Waals surface area contributed by atoms with Gasteiger partial charge in [0, 0.05) is 11.7 Å². The van der Waals surface area contributed by atoms with E-state index in [0.29, 0.717) is 0 Å². The van der Waals surface area contributed by atoms with E-state index in [9.17, 15) is 13.2 Å². The van der Waals surface area contributed by atoms with Gasteiger partial charge in [-0.2, -0.15) is 0 Å². The summed E-state index contributed by atoms with van der Waals surface area (Å²) in [6.07, 6.45) is 0. The molecule has 0 aliphatic heterocycles. The quantitative estimate of drug-likeness (QED) is 0.589. The first kappa shape index (κ1) is 14.4. The third kappa shape index (κ3) is 3.42. The van der Waals surface area contributed by atoms with Gasteiger partial charge in [0.25, 0.3) is 0 Å². The Bertz CT molecular complexity index is 555. The molecule has 0 aliphatic rings. The second-order valence-electron chi connectivity index (χ2n) is 3.79. The van der Waals surface area contributed by atoms with Gasteiger partial charge in [-0.05, 0) is 25.1 Å². The topological polar surface area (TPSA) is 130 Å². The van der Waals surface area contributed by atoms with Crippen LogP contribution in [0, 0.1) is 0 Å². The number of aliphatic hydroxyl groups is 1. The Morgan fingerprint density at radius 2 is 2.11 bits per heavy atom. The normalized spacial score (nSPS) is 13.1. The molecule has 0 bridgehead atoms. The van der Waals surface area contributed by atoms with E-state index in [4.69, 9.17) is 15.4 Å². The van der Waals surface area contributed by atoms with Crippen molar-refractivity contribution in [2.24, 2.45) is 5.14 Å². The molecule has 0 saturated carbocycles. The molecule has 0 aromatic heterocycles. The molecule has 1 aromatic carbocycles. The maximum atomic E-state index is 11.1. The summed E-state index contributed by atoms with van der Waals surface area (Å²) in [6, 6.07) is 3.12. The third-order valence-electron chi connectivity index (χ3n) is 2.23. The number of hydrogen-bond donors (Lipinski definition) is 4. The summed E-state index contributed by atoms with van der Waals surface area (Å²) in [5.41, 5.74) is -0.00160. The number of carbonyl (C=O) groups is 1. The zero-order valence-corrected chi connectivity index (χ0v) is 10.4. The SMILES string of the molecule is CC(CO)Nc1ccc(S(N)(=O)=O)cc1C(=O)O. The molecule has 0 amide bonds. The van der Waals surface area contributed by atoms with Crippen molar-refractivity contribution < 1.29 is 23.4 Å². The van der Waals surface area contributed by atoms with Crippen LogP contribution in [0.3, 0.4) is 0 Å². The van der Waals surface area contributed by atoms with Gasteiger partial charge >= 0.3 is 5.97 Å². The van der Waals surface area contributed by atoms with Crippen LogP contribution in [-0.4, -0.2) is 37.2 Å². The highest BCUT2D eigenvalue weighted by Gasteiger charge is 2.16. The molecule has 1 atom stereocenters. The van der Waals surface area contributed by atoms with Crippen LogP contribution in [0.5, 0.6) is 0 Å². The monoisotopic (exact) mass is 274 g/mol. The molecule has 8 heteroatoms. The van der Waals surface area contributed by atoms with Gasteiger partial charge in [-0.25, -0.2) is 18.4 Å². The highest BCUT2D eigenvalue weighted by Crippen LogP contribution is 2.20. The van der Waals surface area contributed by atoms with E-state index < -0.39 is 16.0 Å². The van der Waals surface area contributed by atoms with Crippen molar-refractivity contribution >= 4 is 21.7 Å². The van der Waals surface area contributed by atoms with Gasteiger partial charge in [0.2, 0.25) is 10.0 Å². The minimum absolute atomic E-state index is 0.185. The standard InChI is InChI=1S/C10H14N2O5S/c1-6(5-13)12-9-3-2-7(18(11,16)17)4-8(9)10(14)15/h2-4,6,12-13H,5H2,1H3,(H,14,15)(H2,11,16,17). The van der Waals surface area contributed by atoms with E-state index in [1.165, 1.54) is 12.1 Å². The van der Waals surface area contributed by atoms with Crippen molar-refractivity contribution in [1.82, 2.24) is 0 Å². The van der Waals surface area contributed by atoms with Crippen LogP contribution in [0.1, 0.15) is 17.3 Å². The first-order valence-corrected chi connectivity index (χ1v) is 6.58. The largest absolute Gasteiger partial charge is 0.478 e. The van der Waals surface area contributed by atoms with Gasteiger partial charge in [0.15, 0.2) is 0 Å². The average Bonchev–Trinajstić information content (AvgIpc) is 2.27.